The van der Waals surface area contributed by atoms with E-state index in [4.69, 9.17) is 10.1 Å². The van der Waals surface area contributed by atoms with Crippen LogP contribution in [-0.2, 0) is 17.1 Å². The van der Waals surface area contributed by atoms with Gasteiger partial charge in [-0.15, -0.1) is 11.3 Å². The van der Waals surface area contributed by atoms with Gasteiger partial charge in [0.15, 0.2) is 10.9 Å². The van der Waals surface area contributed by atoms with E-state index in [-0.39, 0.29) is 21.3 Å². The lowest BCUT2D eigenvalue weighted by Gasteiger charge is -2.15. The number of allylic oxidation sites excluding steroid dienone is 1. The van der Waals surface area contributed by atoms with Gasteiger partial charge in [-0.3, -0.25) is 9.40 Å². The van der Waals surface area contributed by atoms with Gasteiger partial charge in [-0.1, -0.05) is 0 Å². The molecule has 3 heterocycles. The molecule has 3 aromatic heterocycles. The summed E-state index contributed by atoms with van der Waals surface area (Å²) in [5.74, 6) is 0.450. The average Bonchev–Trinajstić information content (AvgIpc) is 3.54. The minimum Gasteiger partial charge on any atom is -0.454 e. The summed E-state index contributed by atoms with van der Waals surface area (Å²) in [5, 5.41) is 26.2. The fourth-order valence-electron chi connectivity index (χ4n) is 3.22. The Morgan fingerprint density at radius 2 is 2.08 bits per heavy atom. The molecule has 0 bridgehead atoms. The van der Waals surface area contributed by atoms with Crippen molar-refractivity contribution in [2.24, 2.45) is 7.05 Å². The fraction of sp³-hybridized carbons (Fsp3) is 0.0870. The Balaban J connectivity index is 1.72. The van der Waals surface area contributed by atoms with Crippen molar-refractivity contribution in [3.05, 3.63) is 71.6 Å². The van der Waals surface area contributed by atoms with E-state index in [2.05, 4.69) is 25.1 Å². The van der Waals surface area contributed by atoms with E-state index in [1.54, 1.807) is 42.5 Å². The molecule has 182 valence electrons. The van der Waals surface area contributed by atoms with Gasteiger partial charge in [-0.05, 0) is 36.4 Å². The van der Waals surface area contributed by atoms with Crippen LogP contribution in [0.15, 0.2) is 65.3 Å². The van der Waals surface area contributed by atoms with Crippen molar-refractivity contribution in [3.63, 3.8) is 0 Å². The molecule has 0 radical (unpaired) electrons. The zero-order chi connectivity index (χ0) is 25.7. The van der Waals surface area contributed by atoms with Crippen molar-refractivity contribution in [1.29, 1.82) is 10.7 Å². The Labute approximate surface area is 211 Å². The topological polar surface area (TPSA) is 159 Å². The predicted octanol–water partition coefficient (Wildman–Crippen LogP) is 3.61. The van der Waals surface area contributed by atoms with E-state index in [0.717, 1.165) is 23.1 Å². The second-order valence-electron chi connectivity index (χ2n) is 7.26. The van der Waals surface area contributed by atoms with Crippen LogP contribution in [0.5, 0.6) is 11.5 Å². The number of pyridine rings is 1. The average molecular weight is 521 g/mol. The Bertz CT molecular complexity index is 1590. The van der Waals surface area contributed by atoms with Gasteiger partial charge in [0.2, 0.25) is 0 Å². The van der Waals surface area contributed by atoms with E-state index < -0.39 is 10.0 Å². The van der Waals surface area contributed by atoms with E-state index in [0.29, 0.717) is 22.8 Å². The monoisotopic (exact) mass is 520 g/mol. The number of aromatic nitrogens is 4. The van der Waals surface area contributed by atoms with Gasteiger partial charge in [0.05, 0.1) is 28.0 Å². The summed E-state index contributed by atoms with van der Waals surface area (Å²) < 4.78 is 35.5. The van der Waals surface area contributed by atoms with Crippen LogP contribution in [0, 0.1) is 16.7 Å². The van der Waals surface area contributed by atoms with E-state index in [1.165, 1.54) is 30.5 Å². The predicted molar refractivity (Wildman–Crippen MR) is 136 cm³/mol. The van der Waals surface area contributed by atoms with Crippen molar-refractivity contribution in [3.8, 4) is 28.8 Å². The third kappa shape index (κ3) is 5.24. The minimum atomic E-state index is -3.95. The molecule has 0 spiro atoms. The molecule has 0 atom stereocenters. The van der Waals surface area contributed by atoms with Crippen molar-refractivity contribution < 1.29 is 13.2 Å². The molecule has 4 rings (SSSR count). The number of sulfonamides is 1. The summed E-state index contributed by atoms with van der Waals surface area (Å²) in [4.78, 5) is 8.51. The first-order valence-electron chi connectivity index (χ1n) is 10.4. The highest BCUT2D eigenvalue weighted by Gasteiger charge is 2.20. The molecule has 0 aliphatic heterocycles. The van der Waals surface area contributed by atoms with Crippen LogP contribution in [0.25, 0.3) is 17.0 Å². The molecule has 13 heteroatoms. The number of nitrogens with one attached hydrogen (secondary N) is 3. The van der Waals surface area contributed by atoms with Crippen LogP contribution in [0.2, 0.25) is 0 Å². The fourth-order valence-corrected chi connectivity index (χ4v) is 5.03. The number of benzene rings is 1. The van der Waals surface area contributed by atoms with Crippen molar-refractivity contribution >= 4 is 38.4 Å². The van der Waals surface area contributed by atoms with Gasteiger partial charge in [-0.25, -0.2) is 18.4 Å². The molecule has 3 N–H and O–H groups in total. The normalized spacial score (nSPS) is 11.5. The first-order valence-corrected chi connectivity index (χ1v) is 12.7. The molecule has 0 fully saturated rings. The van der Waals surface area contributed by atoms with Gasteiger partial charge in [0.1, 0.15) is 17.5 Å². The van der Waals surface area contributed by atoms with Gasteiger partial charge in [0, 0.05) is 43.6 Å². The van der Waals surface area contributed by atoms with E-state index in [1.807, 2.05) is 12.3 Å². The SMILES string of the molecule is CN/C(=C\C=N)c1nc(-c2cnn(C)c2)ccc1Oc1ccc(S(=O)(=O)Nc2nccs2)cc1C#N. The van der Waals surface area contributed by atoms with Crippen LogP contribution in [0.1, 0.15) is 11.3 Å². The summed E-state index contributed by atoms with van der Waals surface area (Å²) >= 11 is 1.14. The minimum absolute atomic E-state index is 0.0151. The van der Waals surface area contributed by atoms with Crippen LogP contribution < -0.4 is 14.8 Å². The lowest BCUT2D eigenvalue weighted by atomic mass is 10.1. The van der Waals surface area contributed by atoms with Crippen LogP contribution in [-0.4, -0.2) is 41.4 Å². The molecule has 0 saturated heterocycles. The number of ether oxygens (including phenoxy) is 1. The molecule has 1 aromatic carbocycles. The third-order valence-electron chi connectivity index (χ3n) is 4.89. The van der Waals surface area contributed by atoms with Crippen LogP contribution in [0.3, 0.4) is 0 Å². The maximum Gasteiger partial charge on any atom is 0.263 e. The summed E-state index contributed by atoms with van der Waals surface area (Å²) in [6.07, 6.45) is 7.62. The molecular weight excluding hydrogens is 500 g/mol. The molecule has 36 heavy (non-hydrogen) atoms. The van der Waals surface area contributed by atoms with Gasteiger partial charge >= 0.3 is 0 Å². The van der Waals surface area contributed by atoms with Crippen LogP contribution in [0.4, 0.5) is 5.13 Å². The highest BCUT2D eigenvalue weighted by Crippen LogP contribution is 2.33. The quantitative estimate of drug-likeness (QED) is 0.282. The maximum absolute atomic E-state index is 12.7. The van der Waals surface area contributed by atoms with E-state index in [9.17, 15) is 13.7 Å². The Kier molecular flexibility index (Phi) is 7.09. The molecule has 11 nitrogen and oxygen atoms in total. The molecule has 0 aliphatic rings. The lowest BCUT2D eigenvalue weighted by Crippen LogP contribution is -2.13. The summed E-state index contributed by atoms with van der Waals surface area (Å²) in [6.45, 7) is 0. The number of rotatable bonds is 9. The number of hydrogen-bond acceptors (Lipinski definition) is 10. The van der Waals surface area contributed by atoms with Crippen molar-refractivity contribution in [1.82, 2.24) is 25.1 Å². The highest BCUT2D eigenvalue weighted by atomic mass is 32.2. The third-order valence-corrected chi connectivity index (χ3v) is 7.04. The number of nitrogens with zero attached hydrogens (tertiary/aromatic N) is 5. The molecule has 0 unspecified atom stereocenters. The smallest absolute Gasteiger partial charge is 0.263 e. The molecule has 0 aliphatic carbocycles. The number of thiazole rings is 1. The molecule has 4 aromatic rings. The largest absolute Gasteiger partial charge is 0.454 e. The lowest BCUT2D eigenvalue weighted by molar-refractivity contribution is 0.476. The molecule has 0 saturated carbocycles. The van der Waals surface area contributed by atoms with Gasteiger partial charge < -0.3 is 15.5 Å². The van der Waals surface area contributed by atoms with Gasteiger partial charge in [0.25, 0.3) is 10.0 Å². The number of anilines is 1. The molecule has 0 amide bonds. The first-order chi connectivity index (χ1) is 17.3. The number of nitriles is 1. The number of hydrogen-bond donors (Lipinski definition) is 3. The maximum atomic E-state index is 12.7. The van der Waals surface area contributed by atoms with Crippen molar-refractivity contribution in [2.45, 2.75) is 4.90 Å². The van der Waals surface area contributed by atoms with E-state index >= 15 is 0 Å². The second kappa shape index (κ2) is 10.4. The summed E-state index contributed by atoms with van der Waals surface area (Å²) in [5.41, 5.74) is 2.34. The summed E-state index contributed by atoms with van der Waals surface area (Å²) in [6, 6.07) is 9.41. The number of aryl methyl sites for hydroxylation is 1. The highest BCUT2D eigenvalue weighted by molar-refractivity contribution is 7.93. The second-order valence-corrected chi connectivity index (χ2v) is 9.83. The van der Waals surface area contributed by atoms with Crippen molar-refractivity contribution in [2.75, 3.05) is 11.8 Å². The Morgan fingerprint density at radius 3 is 2.72 bits per heavy atom. The summed E-state index contributed by atoms with van der Waals surface area (Å²) in [7, 11) is -0.457. The van der Waals surface area contributed by atoms with Gasteiger partial charge in [-0.2, -0.15) is 10.4 Å². The zero-order valence-corrected chi connectivity index (χ0v) is 20.8. The Morgan fingerprint density at radius 1 is 1.28 bits per heavy atom. The Hall–Kier alpha value is -4.54. The first kappa shape index (κ1) is 24.6. The standard InChI is InChI=1S/C23H20N8O3S2/c1-26-19(7-8-24)22-21(6-4-18(29-22)16-13-28-31(2)14-16)34-20-5-3-17(11-15(20)12-25)36(32,33)30-23-27-9-10-35-23/h3-11,13-14,24,26H,1-2H3,(H,27,30)/b19-7-,24-8?. The molecular formula is C23H20N8O3S2. The van der Waals surface area contributed by atoms with Crippen LogP contribution >= 0.6 is 11.3 Å². The zero-order valence-electron chi connectivity index (χ0n) is 19.1.